The second-order valence-corrected chi connectivity index (χ2v) is 9.63. The number of halogens is 1. The summed E-state index contributed by atoms with van der Waals surface area (Å²) in [7, 11) is 0.0172. The van der Waals surface area contributed by atoms with Crippen molar-refractivity contribution < 1.29 is 8.42 Å². The molecule has 0 saturated carbocycles. The quantitative estimate of drug-likeness (QED) is 0.622. The van der Waals surface area contributed by atoms with Gasteiger partial charge in [-0.25, -0.2) is 23.1 Å². The lowest BCUT2D eigenvalue weighted by Crippen LogP contribution is -2.48. The number of benzene rings is 1. The average molecular weight is 465 g/mol. The lowest BCUT2D eigenvalue weighted by molar-refractivity contribution is 0.520. The van der Waals surface area contributed by atoms with E-state index in [1.54, 1.807) is 17.9 Å². The van der Waals surface area contributed by atoms with Crippen molar-refractivity contribution in [2.75, 3.05) is 11.4 Å². The van der Waals surface area contributed by atoms with Crippen LogP contribution in [0.15, 0.2) is 52.7 Å². The molecule has 1 N–H and O–H groups in total. The highest BCUT2D eigenvalue weighted by Gasteiger charge is 2.29. The SMILES string of the molecule is Cn1cnc(S(=O)(=O)NC2Cc3cc(Br)ccc3N(Cc3cncn3C)C2)c1. The first-order chi connectivity index (χ1) is 13.3. The summed E-state index contributed by atoms with van der Waals surface area (Å²) in [5, 5.41) is 0.0354. The molecule has 0 spiro atoms. The zero-order valence-corrected chi connectivity index (χ0v) is 18.0. The zero-order valence-electron chi connectivity index (χ0n) is 15.6. The summed E-state index contributed by atoms with van der Waals surface area (Å²) in [6.07, 6.45) is 7.20. The van der Waals surface area contributed by atoms with E-state index in [4.69, 9.17) is 0 Å². The normalized spacial score (nSPS) is 17.0. The molecule has 28 heavy (non-hydrogen) atoms. The average Bonchev–Trinajstić information content (AvgIpc) is 3.23. The number of hydrogen-bond acceptors (Lipinski definition) is 5. The molecule has 1 aliphatic heterocycles. The molecule has 3 aromatic rings. The van der Waals surface area contributed by atoms with Gasteiger partial charge >= 0.3 is 0 Å². The van der Waals surface area contributed by atoms with Gasteiger partial charge in [0.05, 0.1) is 24.9 Å². The molecule has 0 radical (unpaired) electrons. The van der Waals surface area contributed by atoms with Gasteiger partial charge in [-0.1, -0.05) is 15.9 Å². The fraction of sp³-hybridized carbons (Fsp3) is 0.333. The maximum Gasteiger partial charge on any atom is 0.259 e. The van der Waals surface area contributed by atoms with Crippen LogP contribution in [0.3, 0.4) is 0 Å². The molecule has 148 valence electrons. The minimum absolute atomic E-state index is 0.0354. The van der Waals surface area contributed by atoms with E-state index in [0.717, 1.165) is 21.4 Å². The van der Waals surface area contributed by atoms with Gasteiger partial charge in [0.15, 0.2) is 5.03 Å². The number of aromatic nitrogens is 4. The Balaban J connectivity index is 1.62. The van der Waals surface area contributed by atoms with E-state index in [0.29, 0.717) is 19.5 Å². The number of hydrogen-bond donors (Lipinski definition) is 1. The number of nitrogens with zero attached hydrogens (tertiary/aromatic N) is 5. The third kappa shape index (κ3) is 3.85. The fourth-order valence-electron chi connectivity index (χ4n) is 3.49. The highest BCUT2D eigenvalue weighted by molar-refractivity contribution is 9.10. The van der Waals surface area contributed by atoms with Crippen LogP contribution in [0.5, 0.6) is 0 Å². The number of fused-ring (bicyclic) bond motifs is 1. The molecule has 4 rings (SSSR count). The van der Waals surface area contributed by atoms with Gasteiger partial charge in [-0.2, -0.15) is 0 Å². The van der Waals surface area contributed by atoms with Gasteiger partial charge in [-0.15, -0.1) is 0 Å². The minimum atomic E-state index is -3.68. The Morgan fingerprint density at radius 1 is 1.29 bits per heavy atom. The fourth-order valence-corrected chi connectivity index (χ4v) is 5.11. The Hall–Kier alpha value is -2.17. The summed E-state index contributed by atoms with van der Waals surface area (Å²) in [5.74, 6) is 0. The summed E-state index contributed by atoms with van der Waals surface area (Å²) in [5.41, 5.74) is 3.26. The number of aryl methyl sites for hydroxylation is 2. The Morgan fingerprint density at radius 3 is 2.79 bits per heavy atom. The van der Waals surface area contributed by atoms with Gasteiger partial charge < -0.3 is 14.0 Å². The summed E-state index contributed by atoms with van der Waals surface area (Å²) < 4.78 is 32.9. The molecule has 1 unspecified atom stereocenters. The first-order valence-corrected chi connectivity index (χ1v) is 11.1. The molecule has 0 amide bonds. The molecule has 0 bridgehead atoms. The summed E-state index contributed by atoms with van der Waals surface area (Å²) in [6, 6.07) is 5.86. The molecule has 1 aliphatic rings. The van der Waals surface area contributed by atoms with Crippen LogP contribution < -0.4 is 9.62 Å². The second-order valence-electron chi connectivity index (χ2n) is 7.05. The molecule has 1 aromatic carbocycles. The topological polar surface area (TPSA) is 85.1 Å². The van der Waals surface area contributed by atoms with Crippen molar-refractivity contribution in [3.63, 3.8) is 0 Å². The molecule has 3 heterocycles. The standard InChI is InChI=1S/C18H21BrN6O2S/c1-23-10-18(21-12-23)28(26,27)22-15-6-13-5-14(19)3-4-17(13)25(8-15)9-16-7-20-11-24(16)2/h3-5,7,10-12,15,22H,6,8-9H2,1-2H3. The molecule has 0 fully saturated rings. The lowest BCUT2D eigenvalue weighted by Gasteiger charge is -2.36. The van der Waals surface area contributed by atoms with E-state index < -0.39 is 10.0 Å². The monoisotopic (exact) mass is 464 g/mol. The van der Waals surface area contributed by atoms with Crippen molar-refractivity contribution in [2.24, 2.45) is 14.1 Å². The number of anilines is 1. The van der Waals surface area contributed by atoms with Crippen LogP contribution in [-0.4, -0.2) is 40.1 Å². The molecule has 0 aliphatic carbocycles. The molecule has 0 saturated heterocycles. The van der Waals surface area contributed by atoms with Crippen LogP contribution in [0.4, 0.5) is 5.69 Å². The van der Waals surface area contributed by atoms with E-state index in [9.17, 15) is 8.42 Å². The van der Waals surface area contributed by atoms with Crippen LogP contribution in [-0.2, 0) is 37.1 Å². The first kappa shape index (κ1) is 19.2. The van der Waals surface area contributed by atoms with Crippen LogP contribution in [0.1, 0.15) is 11.3 Å². The summed E-state index contributed by atoms with van der Waals surface area (Å²) >= 11 is 3.52. The van der Waals surface area contributed by atoms with E-state index >= 15 is 0 Å². The number of imidazole rings is 2. The van der Waals surface area contributed by atoms with Crippen molar-refractivity contribution in [2.45, 2.75) is 24.0 Å². The first-order valence-electron chi connectivity index (χ1n) is 8.81. The van der Waals surface area contributed by atoms with Crippen molar-refractivity contribution in [1.29, 1.82) is 0 Å². The van der Waals surface area contributed by atoms with Crippen molar-refractivity contribution in [3.8, 4) is 0 Å². The number of sulfonamides is 1. The van der Waals surface area contributed by atoms with Crippen molar-refractivity contribution in [3.05, 3.63) is 59.0 Å². The van der Waals surface area contributed by atoms with Gasteiger partial charge in [-0.3, -0.25) is 0 Å². The third-order valence-corrected chi connectivity index (χ3v) is 6.74. The second kappa shape index (κ2) is 7.34. The maximum atomic E-state index is 12.7. The van der Waals surface area contributed by atoms with Crippen molar-refractivity contribution in [1.82, 2.24) is 23.8 Å². The van der Waals surface area contributed by atoms with Crippen LogP contribution in [0.2, 0.25) is 0 Å². The lowest BCUT2D eigenvalue weighted by atomic mass is 9.98. The molecular formula is C18H21BrN6O2S. The number of nitrogens with one attached hydrogen (secondary N) is 1. The predicted octanol–water partition coefficient (Wildman–Crippen LogP) is 1.83. The number of rotatable bonds is 5. The van der Waals surface area contributed by atoms with Crippen LogP contribution >= 0.6 is 15.9 Å². The zero-order chi connectivity index (χ0) is 19.9. The molecule has 1 atom stereocenters. The van der Waals surface area contributed by atoms with Gasteiger partial charge in [0.1, 0.15) is 0 Å². The van der Waals surface area contributed by atoms with Crippen LogP contribution in [0.25, 0.3) is 0 Å². The Bertz CT molecular complexity index is 1110. The van der Waals surface area contributed by atoms with E-state index in [-0.39, 0.29) is 11.1 Å². The minimum Gasteiger partial charge on any atom is -0.364 e. The predicted molar refractivity (Wildman–Crippen MR) is 109 cm³/mol. The maximum absolute atomic E-state index is 12.7. The molecule has 10 heteroatoms. The Kier molecular flexibility index (Phi) is 5.02. The molecule has 8 nitrogen and oxygen atoms in total. The highest BCUT2D eigenvalue weighted by atomic mass is 79.9. The summed E-state index contributed by atoms with van der Waals surface area (Å²) in [6.45, 7) is 1.21. The van der Waals surface area contributed by atoms with E-state index in [1.165, 1.54) is 12.5 Å². The smallest absolute Gasteiger partial charge is 0.259 e. The van der Waals surface area contributed by atoms with Gasteiger partial charge in [0.25, 0.3) is 10.0 Å². The molecular weight excluding hydrogens is 444 g/mol. The third-order valence-electron chi connectivity index (χ3n) is 4.84. The largest absolute Gasteiger partial charge is 0.364 e. The van der Waals surface area contributed by atoms with Crippen molar-refractivity contribution >= 4 is 31.6 Å². The Morgan fingerprint density at radius 2 is 2.11 bits per heavy atom. The van der Waals surface area contributed by atoms with E-state index in [2.05, 4.69) is 41.6 Å². The summed E-state index contributed by atoms with van der Waals surface area (Å²) in [4.78, 5) is 10.4. The highest BCUT2D eigenvalue weighted by Crippen LogP contribution is 2.31. The van der Waals surface area contributed by atoms with Gasteiger partial charge in [0.2, 0.25) is 0 Å². The Labute approximate surface area is 172 Å². The van der Waals surface area contributed by atoms with Crippen LogP contribution in [0, 0.1) is 0 Å². The van der Waals surface area contributed by atoms with Gasteiger partial charge in [0, 0.05) is 49.2 Å². The van der Waals surface area contributed by atoms with Gasteiger partial charge in [-0.05, 0) is 30.2 Å². The molecule has 2 aromatic heterocycles. The van der Waals surface area contributed by atoms with E-state index in [1.807, 2.05) is 29.9 Å².